The van der Waals surface area contributed by atoms with E-state index in [1.165, 1.54) is 31.3 Å². The number of hydrogen-bond donors (Lipinski definition) is 1. The fraction of sp³-hybridized carbons (Fsp3) is 0.167. The Bertz CT molecular complexity index is 834. The van der Waals surface area contributed by atoms with Crippen LogP contribution >= 0.6 is 0 Å². The summed E-state index contributed by atoms with van der Waals surface area (Å²) in [6, 6.07) is 14.4. The van der Waals surface area contributed by atoms with Crippen LogP contribution in [0.2, 0.25) is 0 Å². The molecule has 0 radical (unpaired) electrons. The number of nitriles is 1. The van der Waals surface area contributed by atoms with Crippen LogP contribution < -0.4 is 10.1 Å². The molecule has 2 aromatic rings. The average molecular weight is 359 g/mol. The van der Waals surface area contributed by atoms with Crippen molar-refractivity contribution >= 4 is 17.8 Å². The van der Waals surface area contributed by atoms with Crippen molar-refractivity contribution in [2.75, 3.05) is 5.32 Å². The molecule has 0 unspecified atom stereocenters. The molecular weight excluding hydrogens is 344 g/mol. The molecule has 0 aliphatic heterocycles. The van der Waals surface area contributed by atoms with Crippen molar-refractivity contribution in [2.24, 2.45) is 5.16 Å². The van der Waals surface area contributed by atoms with Crippen molar-refractivity contribution in [1.29, 1.82) is 5.26 Å². The third kappa shape index (κ3) is 5.56. The van der Waals surface area contributed by atoms with Crippen molar-refractivity contribution < 1.29 is 23.1 Å². The highest BCUT2D eigenvalue weighted by atomic mass is 19.3. The van der Waals surface area contributed by atoms with E-state index >= 15 is 0 Å². The third-order valence-corrected chi connectivity index (χ3v) is 3.17. The molecule has 6 nitrogen and oxygen atoms in total. The lowest BCUT2D eigenvalue weighted by Crippen LogP contribution is -2.26. The van der Waals surface area contributed by atoms with Gasteiger partial charge in [0, 0.05) is 11.3 Å². The van der Waals surface area contributed by atoms with Gasteiger partial charge in [-0.3, -0.25) is 4.79 Å². The zero-order valence-electron chi connectivity index (χ0n) is 13.7. The van der Waals surface area contributed by atoms with E-state index in [1.54, 1.807) is 30.3 Å². The van der Waals surface area contributed by atoms with E-state index in [4.69, 9.17) is 10.1 Å². The second-order valence-electron chi connectivity index (χ2n) is 5.08. The number of oxime groups is 1. The summed E-state index contributed by atoms with van der Waals surface area (Å²) in [7, 11) is 0. The van der Waals surface area contributed by atoms with E-state index < -0.39 is 18.6 Å². The molecule has 0 heterocycles. The van der Waals surface area contributed by atoms with Gasteiger partial charge in [-0.05, 0) is 37.3 Å². The van der Waals surface area contributed by atoms with Crippen LogP contribution in [0.25, 0.3) is 0 Å². The van der Waals surface area contributed by atoms with E-state index in [9.17, 15) is 13.6 Å². The Labute approximate surface area is 148 Å². The van der Waals surface area contributed by atoms with Crippen LogP contribution in [0.5, 0.6) is 5.75 Å². The van der Waals surface area contributed by atoms with Crippen LogP contribution in [-0.2, 0) is 9.63 Å². The molecule has 0 spiro atoms. The minimum absolute atomic E-state index is 0.0553. The van der Waals surface area contributed by atoms with E-state index in [1.807, 2.05) is 6.07 Å². The maximum absolute atomic E-state index is 12.3. The van der Waals surface area contributed by atoms with Gasteiger partial charge in [0.05, 0.1) is 17.8 Å². The van der Waals surface area contributed by atoms with Crippen molar-refractivity contribution in [2.45, 2.75) is 19.6 Å². The Kier molecular flexibility index (Phi) is 6.62. The molecule has 26 heavy (non-hydrogen) atoms. The zero-order chi connectivity index (χ0) is 18.9. The van der Waals surface area contributed by atoms with Crippen LogP contribution in [0.3, 0.4) is 0 Å². The standard InChI is InChI=1S/C18H15F2N3O3/c1-12(17(24)23-15-7-4-5-13(9-15)10-21)26-22-11-14-6-2-3-8-16(14)25-18(19)20/h2-9,11-12,18H,1H3,(H,23,24)/b22-11-/t12-/m0/s1. The first kappa shape index (κ1) is 18.9. The first-order valence-electron chi connectivity index (χ1n) is 7.53. The van der Waals surface area contributed by atoms with Gasteiger partial charge in [-0.2, -0.15) is 14.0 Å². The number of benzene rings is 2. The van der Waals surface area contributed by atoms with Gasteiger partial charge >= 0.3 is 6.61 Å². The van der Waals surface area contributed by atoms with Crippen LogP contribution in [0.15, 0.2) is 53.7 Å². The first-order chi connectivity index (χ1) is 12.5. The third-order valence-electron chi connectivity index (χ3n) is 3.17. The number of alkyl halides is 2. The highest BCUT2D eigenvalue weighted by Gasteiger charge is 2.14. The summed E-state index contributed by atoms with van der Waals surface area (Å²) in [6.45, 7) is -1.48. The van der Waals surface area contributed by atoms with Crippen molar-refractivity contribution in [3.8, 4) is 11.8 Å². The number of carbonyl (C=O) groups is 1. The molecular formula is C18H15F2N3O3. The van der Waals surface area contributed by atoms with Crippen LogP contribution in [-0.4, -0.2) is 24.8 Å². The Hall–Kier alpha value is -3.47. The molecule has 1 N–H and O–H groups in total. The zero-order valence-corrected chi connectivity index (χ0v) is 13.7. The number of rotatable bonds is 7. The number of para-hydroxylation sites is 1. The molecule has 134 valence electrons. The molecule has 1 atom stereocenters. The van der Waals surface area contributed by atoms with Crippen molar-refractivity contribution in [3.05, 3.63) is 59.7 Å². The average Bonchev–Trinajstić information content (AvgIpc) is 2.62. The number of nitrogens with one attached hydrogen (secondary N) is 1. The molecule has 2 rings (SSSR count). The van der Waals surface area contributed by atoms with Gasteiger partial charge in [-0.1, -0.05) is 23.4 Å². The van der Waals surface area contributed by atoms with Gasteiger partial charge in [0.25, 0.3) is 5.91 Å². The summed E-state index contributed by atoms with van der Waals surface area (Å²) < 4.78 is 29.1. The van der Waals surface area contributed by atoms with Gasteiger partial charge in [0.1, 0.15) is 5.75 Å². The fourth-order valence-corrected chi connectivity index (χ4v) is 1.93. The largest absolute Gasteiger partial charge is 0.434 e. The molecule has 0 saturated heterocycles. The number of ether oxygens (including phenoxy) is 1. The summed E-state index contributed by atoms with van der Waals surface area (Å²) in [5.74, 6) is -0.533. The van der Waals surface area contributed by atoms with E-state index in [0.717, 1.165) is 0 Å². The van der Waals surface area contributed by atoms with Gasteiger partial charge in [0.15, 0.2) is 0 Å². The molecule has 0 bridgehead atoms. The van der Waals surface area contributed by atoms with E-state index in [0.29, 0.717) is 11.3 Å². The number of halogens is 2. The fourth-order valence-electron chi connectivity index (χ4n) is 1.93. The first-order valence-corrected chi connectivity index (χ1v) is 7.53. The van der Waals surface area contributed by atoms with Crippen molar-refractivity contribution in [3.63, 3.8) is 0 Å². The maximum atomic E-state index is 12.3. The summed E-state index contributed by atoms with van der Waals surface area (Å²) in [4.78, 5) is 17.1. The highest BCUT2D eigenvalue weighted by molar-refractivity contribution is 5.94. The Balaban J connectivity index is 1.95. The molecule has 1 amide bonds. The predicted molar refractivity (Wildman–Crippen MR) is 91.0 cm³/mol. The number of carbonyl (C=O) groups excluding carboxylic acids is 1. The maximum Gasteiger partial charge on any atom is 0.387 e. The monoisotopic (exact) mass is 359 g/mol. The number of nitrogens with zero attached hydrogens (tertiary/aromatic N) is 2. The Morgan fingerprint density at radius 3 is 2.77 bits per heavy atom. The summed E-state index contributed by atoms with van der Waals surface area (Å²) in [5.41, 5.74) is 1.14. The highest BCUT2D eigenvalue weighted by Crippen LogP contribution is 2.18. The number of anilines is 1. The normalized spacial score (nSPS) is 11.8. The Morgan fingerprint density at radius 1 is 1.27 bits per heavy atom. The topological polar surface area (TPSA) is 83.7 Å². The quantitative estimate of drug-likeness (QED) is 0.605. The lowest BCUT2D eigenvalue weighted by atomic mass is 10.2. The molecule has 0 aliphatic rings. The van der Waals surface area contributed by atoms with Crippen LogP contribution in [0.1, 0.15) is 18.1 Å². The Morgan fingerprint density at radius 2 is 2.04 bits per heavy atom. The summed E-state index contributed by atoms with van der Waals surface area (Å²) in [5, 5.41) is 15.1. The number of amides is 1. The van der Waals surface area contributed by atoms with E-state index in [-0.39, 0.29) is 11.3 Å². The molecule has 0 aromatic heterocycles. The van der Waals surface area contributed by atoms with Crippen molar-refractivity contribution in [1.82, 2.24) is 0 Å². The minimum Gasteiger partial charge on any atom is -0.434 e. The number of hydrogen-bond acceptors (Lipinski definition) is 5. The van der Waals surface area contributed by atoms with E-state index in [2.05, 4.69) is 15.2 Å². The minimum atomic E-state index is -2.96. The predicted octanol–water partition coefficient (Wildman–Crippen LogP) is 3.54. The SMILES string of the molecule is C[C@H](O/N=C\c1ccccc1OC(F)F)C(=O)Nc1cccc(C#N)c1. The van der Waals surface area contributed by atoms with Gasteiger partial charge in [-0.15, -0.1) is 0 Å². The lowest BCUT2D eigenvalue weighted by molar-refractivity contribution is -0.126. The summed E-state index contributed by atoms with van der Waals surface area (Å²) in [6.07, 6.45) is 0.234. The van der Waals surface area contributed by atoms with Gasteiger partial charge < -0.3 is 14.9 Å². The molecule has 0 aliphatic carbocycles. The molecule has 0 saturated carbocycles. The van der Waals surface area contributed by atoms with Gasteiger partial charge in [-0.25, -0.2) is 0 Å². The summed E-state index contributed by atoms with van der Waals surface area (Å²) >= 11 is 0. The smallest absolute Gasteiger partial charge is 0.387 e. The molecule has 8 heteroatoms. The van der Waals surface area contributed by atoms with Crippen LogP contribution in [0.4, 0.5) is 14.5 Å². The second kappa shape index (κ2) is 9.13. The lowest BCUT2D eigenvalue weighted by Gasteiger charge is -2.11. The van der Waals surface area contributed by atoms with Gasteiger partial charge in [0.2, 0.25) is 6.10 Å². The molecule has 2 aromatic carbocycles. The molecule has 0 fully saturated rings. The van der Waals surface area contributed by atoms with Crippen LogP contribution in [0, 0.1) is 11.3 Å². The second-order valence-corrected chi connectivity index (χ2v) is 5.08.